The highest BCUT2D eigenvalue weighted by Gasteiger charge is 2.30. The smallest absolute Gasteiger partial charge is 0.410 e. The van der Waals surface area contributed by atoms with E-state index < -0.39 is 17.5 Å². The Morgan fingerprint density at radius 3 is 2.57 bits per heavy atom. The number of nitrogens with zero attached hydrogens (tertiary/aromatic N) is 3. The summed E-state index contributed by atoms with van der Waals surface area (Å²) in [6, 6.07) is 10.4. The fourth-order valence-electron chi connectivity index (χ4n) is 3.95. The first-order chi connectivity index (χ1) is 16.7. The molecule has 0 unspecified atom stereocenters. The lowest BCUT2D eigenvalue weighted by Crippen LogP contribution is -2.50. The fourth-order valence-corrected chi connectivity index (χ4v) is 3.95. The van der Waals surface area contributed by atoms with Crippen LogP contribution >= 0.6 is 0 Å². The lowest BCUT2D eigenvalue weighted by atomic mass is 10.1. The van der Waals surface area contributed by atoms with Gasteiger partial charge in [0, 0.05) is 38.2 Å². The second-order valence-corrected chi connectivity index (χ2v) is 9.63. The van der Waals surface area contributed by atoms with Crippen LogP contribution < -0.4 is 15.0 Å². The van der Waals surface area contributed by atoms with Crippen LogP contribution in [0, 0.1) is 5.82 Å². The average Bonchev–Trinajstić information content (AvgIpc) is 2.82. The number of halogens is 1. The molecule has 2 aliphatic heterocycles. The van der Waals surface area contributed by atoms with Crippen LogP contribution in [0.4, 0.5) is 19.8 Å². The minimum atomic E-state index is -0.566. The van der Waals surface area contributed by atoms with Gasteiger partial charge in [-0.05, 0) is 32.4 Å². The van der Waals surface area contributed by atoms with Crippen molar-refractivity contribution in [2.75, 3.05) is 37.7 Å². The largest absolute Gasteiger partial charge is 0.475 e. The maximum absolute atomic E-state index is 15.0. The number of fused-ring (bicyclic) bond motifs is 1. The molecule has 10 heteroatoms. The van der Waals surface area contributed by atoms with Crippen molar-refractivity contribution < 1.29 is 28.2 Å². The topological polar surface area (TPSA) is 93.2 Å². The number of piperazine rings is 1. The summed E-state index contributed by atoms with van der Waals surface area (Å²) in [5.41, 5.74) is 0.903. The normalized spacial score (nSPS) is 17.8. The van der Waals surface area contributed by atoms with Gasteiger partial charge in [0.05, 0.1) is 6.04 Å². The molecule has 0 spiro atoms. The zero-order chi connectivity index (χ0) is 25.0. The van der Waals surface area contributed by atoms with Crippen molar-refractivity contribution >= 4 is 18.0 Å². The maximum atomic E-state index is 15.0. The molecule has 0 radical (unpaired) electrons. The van der Waals surface area contributed by atoms with E-state index in [1.54, 1.807) is 9.80 Å². The third-order valence-electron chi connectivity index (χ3n) is 5.65. The number of hydrogen-bond donors (Lipinski definition) is 1. The number of hydrogen-bond acceptors (Lipinski definition) is 7. The minimum Gasteiger partial charge on any atom is -0.475 e. The highest BCUT2D eigenvalue weighted by molar-refractivity contribution is 5.69. The zero-order valence-corrected chi connectivity index (χ0v) is 20.3. The summed E-state index contributed by atoms with van der Waals surface area (Å²) in [6.45, 7) is 7.51. The Kier molecular flexibility index (Phi) is 7.28. The van der Waals surface area contributed by atoms with Crippen molar-refractivity contribution in [2.45, 2.75) is 45.4 Å². The molecule has 1 atom stereocenters. The van der Waals surface area contributed by atoms with E-state index in [-0.39, 0.29) is 31.2 Å². The molecular weight excluding hydrogens is 455 g/mol. The molecule has 2 aromatic rings. The first-order valence-corrected chi connectivity index (χ1v) is 11.7. The van der Waals surface area contributed by atoms with E-state index in [1.165, 1.54) is 6.07 Å². The zero-order valence-electron chi connectivity index (χ0n) is 20.3. The van der Waals surface area contributed by atoms with E-state index >= 15 is 0 Å². The number of carbonyl (C=O) groups excluding carboxylic acids is 2. The molecular formula is C25H31FN4O5. The summed E-state index contributed by atoms with van der Waals surface area (Å²) in [6.07, 6.45) is -0.550. The van der Waals surface area contributed by atoms with Gasteiger partial charge in [-0.2, -0.15) is 4.98 Å². The summed E-state index contributed by atoms with van der Waals surface area (Å²) in [5, 5.41) is 2.76. The Bertz CT molecular complexity index is 1050. The standard InChI is InChI=1S/C25H31FN4O5/c1-25(2,3)35-24(32)30-11-9-29(10-12-30)21-20(26)14-18-13-19(16-33-22(18)28-21)27-23(31)34-15-17-7-5-4-6-8-17/h4-8,14,19H,9-13,15-16H2,1-3H3,(H,27,31)/t19-/m1/s1. The van der Waals surface area contributed by atoms with Crippen LogP contribution in [0.15, 0.2) is 36.4 Å². The number of nitrogens with one attached hydrogen (secondary N) is 1. The van der Waals surface area contributed by atoms with Crippen LogP contribution in [-0.2, 0) is 22.5 Å². The Morgan fingerprint density at radius 2 is 1.89 bits per heavy atom. The molecule has 2 aliphatic rings. The highest BCUT2D eigenvalue weighted by Crippen LogP contribution is 2.29. The number of rotatable bonds is 4. The van der Waals surface area contributed by atoms with Crippen LogP contribution in [0.25, 0.3) is 0 Å². The third-order valence-corrected chi connectivity index (χ3v) is 5.65. The Morgan fingerprint density at radius 1 is 1.17 bits per heavy atom. The summed E-state index contributed by atoms with van der Waals surface area (Å²) in [7, 11) is 0. The number of alkyl carbamates (subject to hydrolysis) is 1. The molecule has 1 fully saturated rings. The van der Waals surface area contributed by atoms with Crippen LogP contribution in [0.3, 0.4) is 0 Å². The second kappa shape index (κ2) is 10.4. The van der Waals surface area contributed by atoms with Gasteiger partial charge in [0.2, 0.25) is 5.88 Å². The van der Waals surface area contributed by atoms with E-state index in [0.29, 0.717) is 44.0 Å². The highest BCUT2D eigenvalue weighted by atomic mass is 19.1. The molecule has 0 aliphatic carbocycles. The second-order valence-electron chi connectivity index (χ2n) is 9.63. The number of pyridine rings is 1. The summed E-state index contributed by atoms with van der Waals surface area (Å²) in [5.74, 6) is 0.0818. The summed E-state index contributed by atoms with van der Waals surface area (Å²) >= 11 is 0. The number of amides is 2. The minimum absolute atomic E-state index is 0.164. The molecule has 1 aromatic carbocycles. The number of anilines is 1. The van der Waals surface area contributed by atoms with Gasteiger partial charge in [-0.25, -0.2) is 14.0 Å². The lowest BCUT2D eigenvalue weighted by Gasteiger charge is -2.36. The van der Waals surface area contributed by atoms with Crippen molar-refractivity contribution in [1.29, 1.82) is 0 Å². The van der Waals surface area contributed by atoms with E-state index in [0.717, 1.165) is 5.56 Å². The van der Waals surface area contributed by atoms with Gasteiger partial charge in [0.25, 0.3) is 0 Å². The van der Waals surface area contributed by atoms with E-state index in [1.807, 2.05) is 51.1 Å². The molecule has 0 saturated carbocycles. The van der Waals surface area contributed by atoms with Crippen LogP contribution in [0.1, 0.15) is 31.9 Å². The molecule has 188 valence electrons. The first kappa shape index (κ1) is 24.6. The third kappa shape index (κ3) is 6.52. The molecule has 2 amide bonds. The van der Waals surface area contributed by atoms with Gasteiger partial charge >= 0.3 is 12.2 Å². The van der Waals surface area contributed by atoms with Crippen molar-refractivity contribution in [3.05, 3.63) is 53.3 Å². The van der Waals surface area contributed by atoms with Crippen LogP contribution in [-0.4, -0.2) is 66.5 Å². The monoisotopic (exact) mass is 486 g/mol. The maximum Gasteiger partial charge on any atom is 0.410 e. The van der Waals surface area contributed by atoms with Crippen molar-refractivity contribution in [1.82, 2.24) is 15.2 Å². The molecule has 4 rings (SSSR count). The van der Waals surface area contributed by atoms with Gasteiger partial charge in [-0.1, -0.05) is 30.3 Å². The summed E-state index contributed by atoms with van der Waals surface area (Å²) < 4.78 is 31.4. The SMILES string of the molecule is CC(C)(C)OC(=O)N1CCN(c2nc3c(cc2F)C[C@@H](NC(=O)OCc2ccccc2)CO3)CC1. The number of aromatic nitrogens is 1. The Balaban J connectivity index is 1.31. The Labute approximate surface area is 204 Å². The average molecular weight is 487 g/mol. The number of carbonyl (C=O) groups is 2. The molecule has 1 saturated heterocycles. The quantitative estimate of drug-likeness (QED) is 0.707. The molecule has 1 N–H and O–H groups in total. The van der Waals surface area contributed by atoms with E-state index in [4.69, 9.17) is 14.2 Å². The van der Waals surface area contributed by atoms with Gasteiger partial charge in [-0.15, -0.1) is 0 Å². The van der Waals surface area contributed by atoms with E-state index in [2.05, 4.69) is 10.3 Å². The predicted molar refractivity (Wildman–Crippen MR) is 127 cm³/mol. The van der Waals surface area contributed by atoms with Gasteiger partial charge in [-0.3, -0.25) is 0 Å². The lowest BCUT2D eigenvalue weighted by molar-refractivity contribution is 0.0240. The van der Waals surface area contributed by atoms with Crippen molar-refractivity contribution in [3.8, 4) is 5.88 Å². The molecule has 35 heavy (non-hydrogen) atoms. The van der Waals surface area contributed by atoms with Crippen LogP contribution in [0.5, 0.6) is 5.88 Å². The number of benzene rings is 1. The predicted octanol–water partition coefficient (Wildman–Crippen LogP) is 3.51. The van der Waals surface area contributed by atoms with Crippen molar-refractivity contribution in [3.63, 3.8) is 0 Å². The fraction of sp³-hybridized carbons (Fsp3) is 0.480. The molecule has 1 aromatic heterocycles. The van der Waals surface area contributed by atoms with Gasteiger partial charge in [0.15, 0.2) is 11.6 Å². The molecule has 3 heterocycles. The molecule has 0 bridgehead atoms. The van der Waals surface area contributed by atoms with Gasteiger partial charge < -0.3 is 29.3 Å². The van der Waals surface area contributed by atoms with Gasteiger partial charge in [0.1, 0.15) is 18.8 Å². The van der Waals surface area contributed by atoms with Crippen molar-refractivity contribution in [2.24, 2.45) is 0 Å². The van der Waals surface area contributed by atoms with E-state index in [9.17, 15) is 14.0 Å². The Hall–Kier alpha value is -3.56. The number of ether oxygens (including phenoxy) is 3. The molecule has 9 nitrogen and oxygen atoms in total. The summed E-state index contributed by atoms with van der Waals surface area (Å²) in [4.78, 5) is 32.2. The first-order valence-electron chi connectivity index (χ1n) is 11.7. The van der Waals surface area contributed by atoms with Crippen LogP contribution in [0.2, 0.25) is 0 Å².